The van der Waals surface area contributed by atoms with Gasteiger partial charge in [0.05, 0.1) is 0 Å². The fraction of sp³-hybridized carbons (Fsp3) is 0.0476. The van der Waals surface area contributed by atoms with Crippen LogP contribution in [0.1, 0.15) is 22.0 Å². The second-order valence-electron chi connectivity index (χ2n) is 6.08. The van der Waals surface area contributed by atoms with Gasteiger partial charge in [-0.3, -0.25) is 9.59 Å². The van der Waals surface area contributed by atoms with E-state index in [-0.39, 0.29) is 5.91 Å². The average molecular weight is 414 g/mol. The summed E-state index contributed by atoms with van der Waals surface area (Å²) in [5.74, 6) is -0.801. The zero-order valence-electron chi connectivity index (χ0n) is 14.7. The maximum atomic E-state index is 13.0. The van der Waals surface area contributed by atoms with Crippen molar-refractivity contribution in [1.29, 1.82) is 0 Å². The Morgan fingerprint density at radius 3 is 2.00 bits per heavy atom. The Balaban J connectivity index is 1.86. The molecular weight excluding hydrogens is 397 g/mol. The van der Waals surface area contributed by atoms with Crippen molar-refractivity contribution in [3.8, 4) is 0 Å². The second-order valence-corrected chi connectivity index (χ2v) is 6.95. The van der Waals surface area contributed by atoms with Gasteiger partial charge < -0.3 is 16.4 Å². The minimum atomic E-state index is -0.682. The molecule has 0 aromatic heterocycles. The summed E-state index contributed by atoms with van der Waals surface area (Å²) in [5.41, 5.74) is 7.59. The third-order valence-corrected chi connectivity index (χ3v) is 4.44. The van der Waals surface area contributed by atoms with Crippen LogP contribution in [0.5, 0.6) is 0 Å². The number of amides is 2. The van der Waals surface area contributed by atoms with E-state index in [0.717, 1.165) is 5.56 Å². The highest BCUT2D eigenvalue weighted by Gasteiger charge is 2.21. The molecule has 0 bridgehead atoms. The molecule has 0 radical (unpaired) electrons. The van der Waals surface area contributed by atoms with Crippen LogP contribution in [0.25, 0.3) is 0 Å². The average Bonchev–Trinajstić information content (AvgIpc) is 2.66. The zero-order valence-corrected chi connectivity index (χ0v) is 16.2. The number of hydrogen-bond donors (Lipinski definition) is 3. The van der Waals surface area contributed by atoms with Crippen molar-refractivity contribution < 1.29 is 9.59 Å². The molecule has 5 nitrogen and oxygen atoms in total. The van der Waals surface area contributed by atoms with Gasteiger partial charge in [0.1, 0.15) is 6.04 Å². The zero-order chi connectivity index (χ0) is 20.1. The topological polar surface area (TPSA) is 84.2 Å². The predicted octanol–water partition coefficient (Wildman–Crippen LogP) is 4.88. The Bertz CT molecular complexity index is 972. The van der Waals surface area contributed by atoms with Crippen LogP contribution < -0.4 is 16.4 Å². The van der Waals surface area contributed by atoms with E-state index in [0.29, 0.717) is 27.0 Å². The number of halogens is 2. The van der Waals surface area contributed by atoms with Crippen molar-refractivity contribution in [2.24, 2.45) is 5.73 Å². The number of primary amides is 1. The van der Waals surface area contributed by atoms with Gasteiger partial charge in [-0.1, -0.05) is 53.5 Å². The van der Waals surface area contributed by atoms with E-state index in [4.69, 9.17) is 28.9 Å². The molecule has 3 rings (SSSR count). The summed E-state index contributed by atoms with van der Waals surface area (Å²) in [6, 6.07) is 20.0. The van der Waals surface area contributed by atoms with E-state index in [1.807, 2.05) is 30.3 Å². The first-order valence-electron chi connectivity index (χ1n) is 8.41. The molecule has 0 saturated carbocycles. The van der Waals surface area contributed by atoms with Gasteiger partial charge >= 0.3 is 0 Å². The minimum Gasteiger partial charge on any atom is -0.370 e. The van der Waals surface area contributed by atoms with E-state index < -0.39 is 11.9 Å². The number of anilines is 2. The van der Waals surface area contributed by atoms with Crippen LogP contribution in [0, 0.1) is 0 Å². The van der Waals surface area contributed by atoms with Crippen LogP contribution in [0.2, 0.25) is 10.0 Å². The lowest BCUT2D eigenvalue weighted by atomic mass is 10.1. The van der Waals surface area contributed by atoms with Gasteiger partial charge in [0.2, 0.25) is 5.91 Å². The molecule has 1 atom stereocenters. The number of carbonyl (C=O) groups is 2. The molecule has 7 heteroatoms. The summed E-state index contributed by atoms with van der Waals surface area (Å²) in [4.78, 5) is 24.2. The van der Waals surface area contributed by atoms with Crippen molar-refractivity contribution >= 4 is 46.4 Å². The van der Waals surface area contributed by atoms with Gasteiger partial charge in [-0.25, -0.2) is 0 Å². The van der Waals surface area contributed by atoms with Gasteiger partial charge in [0, 0.05) is 27.0 Å². The van der Waals surface area contributed by atoms with E-state index >= 15 is 0 Å². The highest BCUT2D eigenvalue weighted by Crippen LogP contribution is 2.25. The van der Waals surface area contributed by atoms with Crippen LogP contribution >= 0.6 is 23.2 Å². The van der Waals surface area contributed by atoms with Crippen molar-refractivity contribution in [2.45, 2.75) is 6.04 Å². The molecule has 0 spiro atoms. The first kappa shape index (κ1) is 19.7. The SMILES string of the molecule is NC(=O)c1ccc(N[C@H](C(=O)Nc2cc(Cl)cc(Cl)c2)c2ccccc2)cc1. The maximum absolute atomic E-state index is 13.0. The molecule has 4 N–H and O–H groups in total. The first-order valence-corrected chi connectivity index (χ1v) is 9.16. The fourth-order valence-electron chi connectivity index (χ4n) is 2.68. The Hall–Kier alpha value is -3.02. The van der Waals surface area contributed by atoms with Crippen molar-refractivity contribution in [3.63, 3.8) is 0 Å². The summed E-state index contributed by atoms with van der Waals surface area (Å²) in [5, 5.41) is 6.86. The Morgan fingerprint density at radius 2 is 1.43 bits per heavy atom. The molecule has 0 aliphatic rings. The normalized spacial score (nSPS) is 11.5. The lowest BCUT2D eigenvalue weighted by Crippen LogP contribution is -2.27. The molecule has 142 valence electrons. The molecule has 28 heavy (non-hydrogen) atoms. The smallest absolute Gasteiger partial charge is 0.251 e. The molecule has 0 saturated heterocycles. The summed E-state index contributed by atoms with van der Waals surface area (Å²) < 4.78 is 0. The van der Waals surface area contributed by atoms with Crippen LogP contribution in [0.4, 0.5) is 11.4 Å². The summed E-state index contributed by atoms with van der Waals surface area (Å²) >= 11 is 12.0. The molecule has 0 heterocycles. The molecule has 0 fully saturated rings. The molecule has 2 amide bonds. The van der Waals surface area contributed by atoms with E-state index in [2.05, 4.69) is 10.6 Å². The second kappa shape index (κ2) is 8.78. The molecule has 0 aliphatic carbocycles. The van der Waals surface area contributed by atoms with Crippen molar-refractivity contribution in [2.75, 3.05) is 10.6 Å². The quantitative estimate of drug-likeness (QED) is 0.537. The predicted molar refractivity (Wildman–Crippen MR) is 113 cm³/mol. The van der Waals surface area contributed by atoms with E-state index in [9.17, 15) is 9.59 Å². The lowest BCUT2D eigenvalue weighted by Gasteiger charge is -2.20. The number of carbonyl (C=O) groups excluding carboxylic acids is 2. The first-order chi connectivity index (χ1) is 13.4. The maximum Gasteiger partial charge on any atom is 0.251 e. The van der Waals surface area contributed by atoms with Gasteiger partial charge in [0.15, 0.2) is 0 Å². The highest BCUT2D eigenvalue weighted by atomic mass is 35.5. The number of nitrogens with one attached hydrogen (secondary N) is 2. The minimum absolute atomic E-state index is 0.288. The number of hydrogen-bond acceptors (Lipinski definition) is 3. The largest absolute Gasteiger partial charge is 0.370 e. The lowest BCUT2D eigenvalue weighted by molar-refractivity contribution is -0.117. The molecule has 0 aliphatic heterocycles. The van der Waals surface area contributed by atoms with Crippen molar-refractivity contribution in [1.82, 2.24) is 0 Å². The Morgan fingerprint density at radius 1 is 0.821 bits per heavy atom. The molecule has 3 aromatic rings. The number of benzene rings is 3. The third kappa shape index (κ3) is 5.03. The van der Waals surface area contributed by atoms with Crippen LogP contribution in [0.3, 0.4) is 0 Å². The van der Waals surface area contributed by atoms with Crippen LogP contribution in [-0.4, -0.2) is 11.8 Å². The van der Waals surface area contributed by atoms with Gasteiger partial charge in [-0.05, 0) is 48.0 Å². The third-order valence-electron chi connectivity index (χ3n) is 4.01. The van der Waals surface area contributed by atoms with Crippen LogP contribution in [-0.2, 0) is 4.79 Å². The van der Waals surface area contributed by atoms with Crippen molar-refractivity contribution in [3.05, 3.63) is 94.0 Å². The summed E-state index contributed by atoms with van der Waals surface area (Å²) in [7, 11) is 0. The molecule has 0 unspecified atom stereocenters. The number of nitrogens with two attached hydrogens (primary N) is 1. The highest BCUT2D eigenvalue weighted by molar-refractivity contribution is 6.35. The fourth-order valence-corrected chi connectivity index (χ4v) is 3.21. The van der Waals surface area contributed by atoms with Gasteiger partial charge in [-0.15, -0.1) is 0 Å². The van der Waals surface area contributed by atoms with Crippen LogP contribution in [0.15, 0.2) is 72.8 Å². The van der Waals surface area contributed by atoms with Gasteiger partial charge in [-0.2, -0.15) is 0 Å². The van der Waals surface area contributed by atoms with E-state index in [1.165, 1.54) is 0 Å². The monoisotopic (exact) mass is 413 g/mol. The Labute approximate surface area is 172 Å². The molecular formula is C21H17Cl2N3O2. The molecule has 3 aromatic carbocycles. The summed E-state index contributed by atoms with van der Waals surface area (Å²) in [6.45, 7) is 0. The van der Waals surface area contributed by atoms with Gasteiger partial charge in [0.25, 0.3) is 5.91 Å². The Kier molecular flexibility index (Phi) is 6.19. The van der Waals surface area contributed by atoms with E-state index in [1.54, 1.807) is 42.5 Å². The summed E-state index contributed by atoms with van der Waals surface area (Å²) in [6.07, 6.45) is 0. The number of rotatable bonds is 6. The standard InChI is InChI=1S/C21H17Cl2N3O2/c22-15-10-16(23)12-18(11-15)26-21(28)19(13-4-2-1-3-5-13)25-17-8-6-14(7-9-17)20(24)27/h1-12,19,25H,(H2,24,27)(H,26,28)/t19-/m0/s1.